The standard InChI is InChI=1S/C16H30N2O3/c1-16(2,3)12(9-10-17)7-8-14(19)18-11-5-6-13(18)15(20)21-4/h12-13H,5-11,17H2,1-4H3. The normalized spacial score (nSPS) is 20.4. The largest absolute Gasteiger partial charge is 0.467 e. The monoisotopic (exact) mass is 298 g/mol. The molecule has 0 aliphatic carbocycles. The van der Waals surface area contributed by atoms with Gasteiger partial charge in [0.05, 0.1) is 7.11 Å². The van der Waals surface area contributed by atoms with Crippen LogP contribution in [0.15, 0.2) is 0 Å². The molecule has 0 spiro atoms. The number of likely N-dealkylation sites (tertiary alicyclic amines) is 1. The van der Waals surface area contributed by atoms with Crippen molar-refractivity contribution in [3.05, 3.63) is 0 Å². The average Bonchev–Trinajstić information content (AvgIpc) is 2.90. The maximum absolute atomic E-state index is 12.4. The molecule has 5 heteroatoms. The summed E-state index contributed by atoms with van der Waals surface area (Å²) in [5, 5.41) is 0. The molecule has 1 heterocycles. The van der Waals surface area contributed by atoms with Crippen LogP contribution in [0.25, 0.3) is 0 Å². The lowest BCUT2D eigenvalue weighted by atomic mass is 9.76. The van der Waals surface area contributed by atoms with Crippen LogP contribution in [0.5, 0.6) is 0 Å². The molecule has 1 rings (SSSR count). The minimum Gasteiger partial charge on any atom is -0.467 e. The van der Waals surface area contributed by atoms with Gasteiger partial charge in [-0.2, -0.15) is 0 Å². The van der Waals surface area contributed by atoms with Gasteiger partial charge in [-0.1, -0.05) is 20.8 Å². The minimum atomic E-state index is -0.384. The molecule has 0 aromatic carbocycles. The Kier molecular flexibility index (Phi) is 6.65. The van der Waals surface area contributed by atoms with Crippen molar-refractivity contribution in [3.8, 4) is 0 Å². The molecule has 0 bridgehead atoms. The van der Waals surface area contributed by atoms with Crippen molar-refractivity contribution in [2.75, 3.05) is 20.2 Å². The van der Waals surface area contributed by atoms with Crippen LogP contribution in [0.3, 0.4) is 0 Å². The molecule has 1 aliphatic heterocycles. The summed E-state index contributed by atoms with van der Waals surface area (Å²) >= 11 is 0. The molecule has 122 valence electrons. The van der Waals surface area contributed by atoms with Gasteiger partial charge in [0.15, 0.2) is 0 Å². The number of nitrogens with zero attached hydrogens (tertiary/aromatic N) is 1. The first-order valence-electron chi connectivity index (χ1n) is 7.88. The fraction of sp³-hybridized carbons (Fsp3) is 0.875. The van der Waals surface area contributed by atoms with Crippen molar-refractivity contribution in [1.82, 2.24) is 4.90 Å². The molecule has 0 saturated carbocycles. The molecular weight excluding hydrogens is 268 g/mol. The van der Waals surface area contributed by atoms with E-state index in [9.17, 15) is 9.59 Å². The van der Waals surface area contributed by atoms with E-state index < -0.39 is 0 Å². The zero-order valence-corrected chi connectivity index (χ0v) is 13.9. The van der Waals surface area contributed by atoms with Gasteiger partial charge in [0.2, 0.25) is 5.91 Å². The number of nitrogens with two attached hydrogens (primary N) is 1. The first-order chi connectivity index (χ1) is 9.81. The lowest BCUT2D eigenvalue weighted by Crippen LogP contribution is -2.41. The van der Waals surface area contributed by atoms with Gasteiger partial charge < -0.3 is 15.4 Å². The topological polar surface area (TPSA) is 72.6 Å². The van der Waals surface area contributed by atoms with Gasteiger partial charge in [0, 0.05) is 13.0 Å². The third kappa shape index (κ3) is 4.99. The second-order valence-corrected chi connectivity index (χ2v) is 6.95. The lowest BCUT2D eigenvalue weighted by molar-refractivity contribution is -0.151. The Balaban J connectivity index is 2.57. The molecule has 1 saturated heterocycles. The van der Waals surface area contributed by atoms with Gasteiger partial charge >= 0.3 is 5.97 Å². The fourth-order valence-corrected chi connectivity index (χ4v) is 3.10. The lowest BCUT2D eigenvalue weighted by Gasteiger charge is -2.31. The number of esters is 1. The second kappa shape index (κ2) is 7.78. The van der Waals surface area contributed by atoms with Gasteiger partial charge in [-0.15, -0.1) is 0 Å². The first kappa shape index (κ1) is 18.0. The molecule has 5 nitrogen and oxygen atoms in total. The van der Waals surface area contributed by atoms with Crippen molar-refractivity contribution in [2.24, 2.45) is 17.1 Å². The Morgan fingerprint density at radius 2 is 2.00 bits per heavy atom. The van der Waals surface area contributed by atoms with E-state index in [4.69, 9.17) is 10.5 Å². The number of ether oxygens (including phenoxy) is 1. The molecule has 2 atom stereocenters. The third-order valence-electron chi connectivity index (χ3n) is 4.49. The molecule has 0 aromatic heterocycles. The molecule has 1 aliphatic rings. The highest BCUT2D eigenvalue weighted by Gasteiger charge is 2.35. The Bertz CT molecular complexity index is 363. The summed E-state index contributed by atoms with van der Waals surface area (Å²) in [4.78, 5) is 25.8. The average molecular weight is 298 g/mol. The summed E-state index contributed by atoms with van der Waals surface area (Å²) in [5.74, 6) is 0.190. The highest BCUT2D eigenvalue weighted by Crippen LogP contribution is 2.32. The van der Waals surface area contributed by atoms with Crippen molar-refractivity contribution >= 4 is 11.9 Å². The van der Waals surface area contributed by atoms with Crippen LogP contribution in [0.4, 0.5) is 0 Å². The highest BCUT2D eigenvalue weighted by molar-refractivity contribution is 5.85. The zero-order valence-electron chi connectivity index (χ0n) is 13.9. The SMILES string of the molecule is COC(=O)C1CCCN1C(=O)CCC(CCN)C(C)(C)C. The van der Waals surface area contributed by atoms with Crippen LogP contribution in [0.1, 0.15) is 52.9 Å². The zero-order chi connectivity index (χ0) is 16.0. The number of hydrogen-bond acceptors (Lipinski definition) is 4. The van der Waals surface area contributed by atoms with E-state index in [2.05, 4.69) is 20.8 Å². The van der Waals surface area contributed by atoms with Gasteiger partial charge in [-0.3, -0.25) is 4.79 Å². The molecule has 2 unspecified atom stereocenters. The molecule has 2 N–H and O–H groups in total. The van der Waals surface area contributed by atoms with Crippen molar-refractivity contribution in [3.63, 3.8) is 0 Å². The van der Waals surface area contributed by atoms with Gasteiger partial charge in [0.1, 0.15) is 6.04 Å². The summed E-state index contributed by atoms with van der Waals surface area (Å²) in [7, 11) is 1.38. The van der Waals surface area contributed by atoms with Crippen LogP contribution in [-0.2, 0) is 14.3 Å². The summed E-state index contributed by atoms with van der Waals surface area (Å²) in [6.45, 7) is 7.86. The van der Waals surface area contributed by atoms with E-state index in [-0.39, 0.29) is 23.3 Å². The number of methoxy groups -OCH3 is 1. The molecular formula is C16H30N2O3. The minimum absolute atomic E-state index is 0.0640. The summed E-state index contributed by atoms with van der Waals surface area (Å²) in [6, 6.07) is -0.384. The van der Waals surface area contributed by atoms with Gasteiger partial charge in [-0.05, 0) is 43.6 Å². The molecule has 0 aromatic rings. The van der Waals surface area contributed by atoms with Gasteiger partial charge in [-0.25, -0.2) is 4.79 Å². The predicted molar refractivity (Wildman–Crippen MR) is 82.6 cm³/mol. The first-order valence-corrected chi connectivity index (χ1v) is 7.88. The molecule has 0 radical (unpaired) electrons. The smallest absolute Gasteiger partial charge is 0.328 e. The third-order valence-corrected chi connectivity index (χ3v) is 4.49. The molecule has 21 heavy (non-hydrogen) atoms. The number of carbonyl (C=O) groups excluding carboxylic acids is 2. The maximum Gasteiger partial charge on any atom is 0.328 e. The number of rotatable bonds is 6. The maximum atomic E-state index is 12.4. The second-order valence-electron chi connectivity index (χ2n) is 6.95. The van der Waals surface area contributed by atoms with Crippen molar-refractivity contribution in [1.29, 1.82) is 0 Å². The Hall–Kier alpha value is -1.10. The summed E-state index contributed by atoms with van der Waals surface area (Å²) in [5.41, 5.74) is 5.82. The molecule has 1 amide bonds. The number of amides is 1. The fourth-order valence-electron chi connectivity index (χ4n) is 3.10. The summed E-state index contributed by atoms with van der Waals surface area (Å²) in [6.07, 6.45) is 3.82. The van der Waals surface area contributed by atoms with Gasteiger partial charge in [0.25, 0.3) is 0 Å². The Labute approximate surface area is 128 Å². The number of hydrogen-bond donors (Lipinski definition) is 1. The van der Waals surface area contributed by atoms with Crippen LogP contribution in [0, 0.1) is 11.3 Å². The van der Waals surface area contributed by atoms with E-state index in [1.54, 1.807) is 4.90 Å². The van der Waals surface area contributed by atoms with E-state index in [1.807, 2.05) is 0 Å². The predicted octanol–water partition coefficient (Wildman–Crippen LogP) is 1.94. The van der Waals surface area contributed by atoms with Crippen LogP contribution in [0.2, 0.25) is 0 Å². The van der Waals surface area contributed by atoms with Crippen LogP contribution in [-0.4, -0.2) is 43.0 Å². The quantitative estimate of drug-likeness (QED) is 0.761. The molecule has 1 fully saturated rings. The van der Waals surface area contributed by atoms with Crippen molar-refractivity contribution in [2.45, 2.75) is 58.9 Å². The van der Waals surface area contributed by atoms with E-state index in [1.165, 1.54) is 7.11 Å². The highest BCUT2D eigenvalue weighted by atomic mass is 16.5. The Morgan fingerprint density at radius 1 is 1.33 bits per heavy atom. The van der Waals surface area contributed by atoms with E-state index in [0.717, 1.165) is 19.3 Å². The van der Waals surface area contributed by atoms with Crippen LogP contribution >= 0.6 is 0 Å². The van der Waals surface area contributed by atoms with E-state index in [0.29, 0.717) is 31.8 Å². The van der Waals surface area contributed by atoms with E-state index >= 15 is 0 Å². The summed E-state index contributed by atoms with van der Waals surface area (Å²) < 4.78 is 4.78. The van der Waals surface area contributed by atoms with Crippen LogP contribution < -0.4 is 5.73 Å². The Morgan fingerprint density at radius 3 is 2.52 bits per heavy atom. The van der Waals surface area contributed by atoms with Crippen molar-refractivity contribution < 1.29 is 14.3 Å². The number of carbonyl (C=O) groups is 2.